The molecule has 4 aromatic rings. The maximum Gasteiger partial charge on any atom is 0.159 e. The summed E-state index contributed by atoms with van der Waals surface area (Å²) in [6.45, 7) is 0.663. The second-order valence-electron chi connectivity index (χ2n) is 5.90. The van der Waals surface area contributed by atoms with Crippen LogP contribution in [0.3, 0.4) is 0 Å². The van der Waals surface area contributed by atoms with Gasteiger partial charge in [0.2, 0.25) is 0 Å². The lowest BCUT2D eigenvalue weighted by atomic mass is 10.1. The molecule has 0 saturated carbocycles. The summed E-state index contributed by atoms with van der Waals surface area (Å²) in [5.41, 5.74) is 4.16. The summed E-state index contributed by atoms with van der Waals surface area (Å²) in [6, 6.07) is 17.9. The van der Waals surface area contributed by atoms with Gasteiger partial charge >= 0.3 is 0 Å². The van der Waals surface area contributed by atoms with Crippen LogP contribution >= 0.6 is 34.2 Å². The Kier molecular flexibility index (Phi) is 4.82. The molecular weight excluding hydrogens is 461 g/mol. The van der Waals surface area contributed by atoms with Crippen molar-refractivity contribution in [1.29, 1.82) is 0 Å². The normalized spacial score (nSPS) is 11.0. The third kappa shape index (κ3) is 3.41. The lowest BCUT2D eigenvalue weighted by Crippen LogP contribution is -2.02. The number of fused-ring (bicyclic) bond motifs is 1. The van der Waals surface area contributed by atoms with E-state index < -0.39 is 0 Å². The smallest absolute Gasteiger partial charge is 0.159 e. The van der Waals surface area contributed by atoms with E-state index in [1.54, 1.807) is 7.11 Å². The fourth-order valence-corrected chi connectivity index (χ4v) is 3.62. The molecule has 0 radical (unpaired) electrons. The fraction of sp³-hybridized carbons (Fsp3) is 0.100. The summed E-state index contributed by atoms with van der Waals surface area (Å²) in [5, 5.41) is 6.44. The predicted molar refractivity (Wildman–Crippen MR) is 113 cm³/mol. The fourth-order valence-electron chi connectivity index (χ4n) is 2.84. The van der Waals surface area contributed by atoms with Gasteiger partial charge in [-0.05, 0) is 64.0 Å². The Hall–Kier alpha value is -2.12. The molecule has 0 unspecified atom stereocenters. The number of ether oxygens (including phenoxy) is 1. The molecule has 0 aliphatic rings. The Balaban J connectivity index is 1.69. The third-order valence-electron chi connectivity index (χ3n) is 4.21. The highest BCUT2D eigenvalue weighted by atomic mass is 127. The lowest BCUT2D eigenvalue weighted by Gasteiger charge is -2.06. The van der Waals surface area contributed by atoms with Gasteiger partial charge in [-0.1, -0.05) is 35.9 Å². The molecule has 2 heterocycles. The van der Waals surface area contributed by atoms with Crippen molar-refractivity contribution in [1.82, 2.24) is 14.8 Å². The van der Waals surface area contributed by atoms with Crippen LogP contribution in [-0.2, 0) is 6.54 Å². The number of halogens is 2. The van der Waals surface area contributed by atoms with Crippen molar-refractivity contribution in [2.45, 2.75) is 6.54 Å². The summed E-state index contributed by atoms with van der Waals surface area (Å²) in [4.78, 5) is 4.67. The summed E-state index contributed by atoms with van der Waals surface area (Å²) in [6.07, 6.45) is 1.88. The largest absolute Gasteiger partial charge is 0.497 e. The predicted octanol–water partition coefficient (Wildman–Crippen LogP) is 5.41. The van der Waals surface area contributed by atoms with Gasteiger partial charge in [0.25, 0.3) is 0 Å². The lowest BCUT2D eigenvalue weighted by molar-refractivity contribution is 0.414. The summed E-state index contributed by atoms with van der Waals surface area (Å²) < 4.78 is 8.09. The van der Waals surface area contributed by atoms with E-state index in [-0.39, 0.29) is 0 Å². The van der Waals surface area contributed by atoms with Crippen LogP contribution in [0.2, 0.25) is 5.02 Å². The zero-order chi connectivity index (χ0) is 18.1. The van der Waals surface area contributed by atoms with Gasteiger partial charge in [-0.25, -0.2) is 9.67 Å². The molecule has 0 spiro atoms. The standard InChI is InChI=1S/C20H15ClIN3O/c1-26-17-8-2-13(3-9-17)12-25-20-18(19(22)24-25)10-15(11-23-20)14-4-6-16(21)7-5-14/h2-11H,12H2,1H3. The molecular formula is C20H15ClIN3O. The first kappa shape index (κ1) is 17.3. The van der Waals surface area contributed by atoms with Crippen LogP contribution in [-0.4, -0.2) is 21.9 Å². The van der Waals surface area contributed by atoms with Crippen LogP contribution in [0.1, 0.15) is 5.56 Å². The molecule has 130 valence electrons. The zero-order valence-corrected chi connectivity index (χ0v) is 16.9. The minimum absolute atomic E-state index is 0.663. The molecule has 0 N–H and O–H groups in total. The molecule has 6 heteroatoms. The second kappa shape index (κ2) is 7.25. The number of benzene rings is 2. The Morgan fingerprint density at radius 1 is 1.04 bits per heavy atom. The van der Waals surface area contributed by atoms with E-state index in [9.17, 15) is 0 Å². The average molecular weight is 476 g/mol. The molecule has 0 amide bonds. The van der Waals surface area contributed by atoms with Gasteiger partial charge in [-0.3, -0.25) is 0 Å². The molecule has 26 heavy (non-hydrogen) atoms. The maximum atomic E-state index is 5.98. The Morgan fingerprint density at radius 2 is 1.77 bits per heavy atom. The number of aromatic nitrogens is 3. The highest BCUT2D eigenvalue weighted by molar-refractivity contribution is 14.1. The average Bonchev–Trinajstić information content (AvgIpc) is 2.98. The van der Waals surface area contributed by atoms with Crippen LogP contribution in [0.15, 0.2) is 60.8 Å². The Bertz CT molecular complexity index is 1060. The SMILES string of the molecule is COc1ccc(Cn2nc(I)c3cc(-c4ccc(Cl)cc4)cnc32)cc1. The van der Waals surface area contributed by atoms with E-state index in [0.29, 0.717) is 6.54 Å². The number of pyridine rings is 1. The van der Waals surface area contributed by atoms with Crippen molar-refractivity contribution >= 4 is 45.2 Å². The van der Waals surface area contributed by atoms with Gasteiger partial charge in [-0.2, -0.15) is 5.10 Å². The van der Waals surface area contributed by atoms with Gasteiger partial charge in [0.05, 0.1) is 19.0 Å². The minimum atomic E-state index is 0.663. The zero-order valence-electron chi connectivity index (χ0n) is 14.0. The van der Waals surface area contributed by atoms with Crippen molar-refractivity contribution < 1.29 is 4.74 Å². The van der Waals surface area contributed by atoms with E-state index in [0.717, 1.165) is 42.2 Å². The Morgan fingerprint density at radius 3 is 2.46 bits per heavy atom. The highest BCUT2D eigenvalue weighted by Crippen LogP contribution is 2.27. The van der Waals surface area contributed by atoms with Gasteiger partial charge in [0, 0.05) is 16.8 Å². The highest BCUT2D eigenvalue weighted by Gasteiger charge is 2.12. The van der Waals surface area contributed by atoms with Crippen molar-refractivity contribution in [2.24, 2.45) is 0 Å². The second-order valence-corrected chi connectivity index (χ2v) is 7.36. The van der Waals surface area contributed by atoms with Gasteiger partial charge in [0.1, 0.15) is 9.45 Å². The number of hydrogen-bond acceptors (Lipinski definition) is 3. The van der Waals surface area contributed by atoms with Crippen LogP contribution in [0.25, 0.3) is 22.2 Å². The van der Waals surface area contributed by atoms with E-state index in [2.05, 4.69) is 38.7 Å². The first-order valence-corrected chi connectivity index (χ1v) is 9.50. The van der Waals surface area contributed by atoms with E-state index >= 15 is 0 Å². The molecule has 0 aliphatic carbocycles. The summed E-state index contributed by atoms with van der Waals surface area (Å²) >= 11 is 8.24. The summed E-state index contributed by atoms with van der Waals surface area (Å²) in [7, 11) is 1.67. The number of nitrogens with zero attached hydrogens (tertiary/aromatic N) is 3. The third-order valence-corrected chi connectivity index (χ3v) is 5.26. The van der Waals surface area contributed by atoms with Crippen molar-refractivity contribution in [3.8, 4) is 16.9 Å². The number of rotatable bonds is 4. The van der Waals surface area contributed by atoms with Crippen molar-refractivity contribution in [2.75, 3.05) is 7.11 Å². The van der Waals surface area contributed by atoms with Gasteiger partial charge in [0.15, 0.2) is 5.65 Å². The van der Waals surface area contributed by atoms with Crippen molar-refractivity contribution in [3.63, 3.8) is 0 Å². The minimum Gasteiger partial charge on any atom is -0.497 e. The molecule has 0 bridgehead atoms. The molecule has 2 aromatic heterocycles. The van der Waals surface area contributed by atoms with Crippen LogP contribution in [0.5, 0.6) is 5.75 Å². The first-order valence-electron chi connectivity index (χ1n) is 8.05. The molecule has 0 saturated heterocycles. The van der Waals surface area contributed by atoms with Crippen LogP contribution in [0.4, 0.5) is 0 Å². The summed E-state index contributed by atoms with van der Waals surface area (Å²) in [5.74, 6) is 0.847. The molecule has 0 atom stereocenters. The molecule has 2 aromatic carbocycles. The van der Waals surface area contributed by atoms with E-state index in [4.69, 9.17) is 16.3 Å². The molecule has 0 aliphatic heterocycles. The number of methoxy groups -OCH3 is 1. The van der Waals surface area contributed by atoms with Gasteiger partial charge < -0.3 is 4.74 Å². The maximum absolute atomic E-state index is 5.98. The van der Waals surface area contributed by atoms with Crippen molar-refractivity contribution in [3.05, 3.63) is 75.1 Å². The quantitative estimate of drug-likeness (QED) is 0.370. The van der Waals surface area contributed by atoms with E-state index in [1.165, 1.54) is 0 Å². The first-order chi connectivity index (χ1) is 12.6. The van der Waals surface area contributed by atoms with E-state index in [1.807, 2.05) is 59.4 Å². The topological polar surface area (TPSA) is 39.9 Å². The molecule has 4 nitrogen and oxygen atoms in total. The Labute approximate surface area is 169 Å². The molecule has 0 fully saturated rings. The van der Waals surface area contributed by atoms with Gasteiger partial charge in [-0.15, -0.1) is 0 Å². The van der Waals surface area contributed by atoms with Crippen LogP contribution in [0, 0.1) is 3.70 Å². The number of hydrogen-bond donors (Lipinski definition) is 0. The van der Waals surface area contributed by atoms with Crippen LogP contribution < -0.4 is 4.74 Å². The monoisotopic (exact) mass is 475 g/mol. The molecule has 4 rings (SSSR count).